The van der Waals surface area contributed by atoms with Gasteiger partial charge in [0.1, 0.15) is 10.7 Å². The lowest BCUT2D eigenvalue weighted by atomic mass is 9.82. The molecule has 0 spiro atoms. The van der Waals surface area contributed by atoms with Crippen molar-refractivity contribution >= 4 is 16.0 Å². The van der Waals surface area contributed by atoms with Crippen molar-refractivity contribution in [2.75, 3.05) is 13.6 Å². The Morgan fingerprint density at radius 3 is 2.57 bits per heavy atom. The summed E-state index contributed by atoms with van der Waals surface area (Å²) in [7, 11) is -2.79. The lowest BCUT2D eigenvalue weighted by molar-refractivity contribution is 0.0367. The minimum absolute atomic E-state index is 0.0329. The quantitative estimate of drug-likeness (QED) is 0.842. The third-order valence-corrected chi connectivity index (χ3v) is 5.43. The molecule has 0 saturated heterocycles. The van der Waals surface area contributed by atoms with E-state index in [-0.39, 0.29) is 18.0 Å². The van der Waals surface area contributed by atoms with Gasteiger partial charge in [-0.25, -0.2) is 21.9 Å². The minimum atomic E-state index is -4.10. The zero-order chi connectivity index (χ0) is 15.8. The number of aromatic carboxylic acids is 1. The molecule has 0 radical (unpaired) electrons. The molecule has 0 atom stereocenters. The largest absolute Gasteiger partial charge is 0.478 e. The van der Waals surface area contributed by atoms with E-state index in [1.54, 1.807) is 0 Å². The monoisotopic (exact) mass is 317 g/mol. The summed E-state index contributed by atoms with van der Waals surface area (Å²) in [5, 5.41) is 18.1. The summed E-state index contributed by atoms with van der Waals surface area (Å²) >= 11 is 0. The van der Waals surface area contributed by atoms with Gasteiger partial charge in [-0.05, 0) is 37.0 Å². The standard InChI is InChI=1S/C13H16FNO5S/c1-15(7-8-4-10(16)5-8)21(19,20)12-6-9(13(17)18)2-3-11(12)14/h2-3,6,8,10,16H,4-5,7H2,1H3,(H,17,18). The van der Waals surface area contributed by atoms with Crippen molar-refractivity contribution in [3.8, 4) is 0 Å². The number of aliphatic hydroxyl groups excluding tert-OH is 1. The zero-order valence-corrected chi connectivity index (χ0v) is 12.2. The predicted molar refractivity (Wildman–Crippen MR) is 71.9 cm³/mol. The molecule has 1 fully saturated rings. The molecule has 1 aromatic carbocycles. The Kier molecular flexibility index (Phi) is 4.31. The highest BCUT2D eigenvalue weighted by atomic mass is 32.2. The van der Waals surface area contributed by atoms with Crippen molar-refractivity contribution in [1.29, 1.82) is 0 Å². The average molecular weight is 317 g/mol. The van der Waals surface area contributed by atoms with Crippen molar-refractivity contribution in [2.45, 2.75) is 23.8 Å². The van der Waals surface area contributed by atoms with E-state index in [4.69, 9.17) is 5.11 Å². The van der Waals surface area contributed by atoms with Gasteiger partial charge >= 0.3 is 5.97 Å². The smallest absolute Gasteiger partial charge is 0.335 e. The highest BCUT2D eigenvalue weighted by molar-refractivity contribution is 7.89. The molecule has 0 heterocycles. The van der Waals surface area contributed by atoms with Gasteiger partial charge in [-0.15, -0.1) is 0 Å². The maximum Gasteiger partial charge on any atom is 0.335 e. The number of nitrogens with zero attached hydrogens (tertiary/aromatic N) is 1. The van der Waals surface area contributed by atoms with Crippen LogP contribution in [0.3, 0.4) is 0 Å². The number of hydrogen-bond acceptors (Lipinski definition) is 4. The third kappa shape index (κ3) is 3.22. The molecule has 8 heteroatoms. The fraction of sp³-hybridized carbons (Fsp3) is 0.462. The molecule has 1 aliphatic rings. The topological polar surface area (TPSA) is 94.9 Å². The van der Waals surface area contributed by atoms with Gasteiger partial charge in [0.05, 0.1) is 11.7 Å². The number of carboxylic acids is 1. The van der Waals surface area contributed by atoms with Crippen molar-refractivity contribution < 1.29 is 27.8 Å². The average Bonchev–Trinajstić information content (AvgIpc) is 2.36. The number of hydrogen-bond donors (Lipinski definition) is 2. The second-order valence-corrected chi connectivity index (χ2v) is 7.24. The number of carboxylic acid groups (broad SMARTS) is 1. The first-order chi connectivity index (χ1) is 9.71. The number of benzene rings is 1. The summed E-state index contributed by atoms with van der Waals surface area (Å²) in [6.07, 6.45) is 0.618. The molecule has 21 heavy (non-hydrogen) atoms. The molecular weight excluding hydrogens is 301 g/mol. The van der Waals surface area contributed by atoms with Crippen LogP contribution in [0.2, 0.25) is 0 Å². The fourth-order valence-electron chi connectivity index (χ4n) is 2.31. The van der Waals surface area contributed by atoms with Crippen molar-refractivity contribution in [2.24, 2.45) is 5.92 Å². The number of carbonyl (C=O) groups is 1. The van der Waals surface area contributed by atoms with Gasteiger partial charge in [-0.1, -0.05) is 0 Å². The van der Waals surface area contributed by atoms with E-state index in [0.717, 1.165) is 22.5 Å². The maximum absolute atomic E-state index is 13.7. The van der Waals surface area contributed by atoms with Crippen LogP contribution >= 0.6 is 0 Å². The van der Waals surface area contributed by atoms with Crippen molar-refractivity contribution in [1.82, 2.24) is 4.31 Å². The summed E-state index contributed by atoms with van der Waals surface area (Å²) in [6.45, 7) is 0.163. The Balaban J connectivity index is 2.26. The molecular formula is C13H16FNO5S. The second-order valence-electron chi connectivity index (χ2n) is 5.23. The van der Waals surface area contributed by atoms with Crippen molar-refractivity contribution in [3.05, 3.63) is 29.6 Å². The van der Waals surface area contributed by atoms with Gasteiger partial charge in [-0.2, -0.15) is 0 Å². The van der Waals surface area contributed by atoms with E-state index in [9.17, 15) is 22.7 Å². The number of aliphatic hydroxyl groups is 1. The third-order valence-electron chi connectivity index (χ3n) is 3.59. The normalized spacial score (nSPS) is 22.1. The van der Waals surface area contributed by atoms with Crippen LogP contribution in [-0.2, 0) is 10.0 Å². The molecule has 0 aromatic heterocycles. The van der Waals surface area contributed by atoms with E-state index >= 15 is 0 Å². The Labute approximate surface area is 121 Å². The number of sulfonamides is 1. The van der Waals surface area contributed by atoms with Crippen LogP contribution in [0.25, 0.3) is 0 Å². The summed E-state index contributed by atoms with van der Waals surface area (Å²) in [5.41, 5.74) is -0.289. The van der Waals surface area contributed by atoms with E-state index < -0.39 is 32.8 Å². The summed E-state index contributed by atoms with van der Waals surface area (Å²) < 4.78 is 39.4. The maximum atomic E-state index is 13.7. The fourth-order valence-corrected chi connectivity index (χ4v) is 3.65. The van der Waals surface area contributed by atoms with Gasteiger partial charge in [0, 0.05) is 13.6 Å². The Hall–Kier alpha value is -1.51. The predicted octanol–water partition coefficient (Wildman–Crippen LogP) is 0.915. The number of rotatable bonds is 5. The lowest BCUT2D eigenvalue weighted by Crippen LogP contribution is -2.39. The first-order valence-corrected chi connectivity index (χ1v) is 7.83. The van der Waals surface area contributed by atoms with E-state index in [0.29, 0.717) is 12.8 Å². The molecule has 0 unspecified atom stereocenters. The molecule has 6 nitrogen and oxygen atoms in total. The molecule has 0 bridgehead atoms. The highest BCUT2D eigenvalue weighted by Gasteiger charge is 2.33. The highest BCUT2D eigenvalue weighted by Crippen LogP contribution is 2.29. The van der Waals surface area contributed by atoms with Crippen LogP contribution in [0.1, 0.15) is 23.2 Å². The molecule has 0 aliphatic heterocycles. The summed E-state index contributed by atoms with van der Waals surface area (Å²) in [5.74, 6) is -2.28. The molecule has 1 aromatic rings. The van der Waals surface area contributed by atoms with Crippen LogP contribution in [0, 0.1) is 11.7 Å². The molecule has 116 valence electrons. The Morgan fingerprint density at radius 1 is 1.43 bits per heavy atom. The van der Waals surface area contributed by atoms with Crippen LogP contribution in [0.5, 0.6) is 0 Å². The summed E-state index contributed by atoms with van der Waals surface area (Å²) in [4.78, 5) is 10.2. The molecule has 2 rings (SSSR count). The van der Waals surface area contributed by atoms with E-state index in [1.165, 1.54) is 7.05 Å². The number of halogens is 1. The molecule has 1 saturated carbocycles. The first kappa shape index (κ1) is 15.9. The van der Waals surface area contributed by atoms with Crippen LogP contribution in [-0.4, -0.2) is 48.6 Å². The van der Waals surface area contributed by atoms with Gasteiger partial charge < -0.3 is 10.2 Å². The Bertz CT molecular complexity index is 655. The van der Waals surface area contributed by atoms with Crippen LogP contribution in [0.4, 0.5) is 4.39 Å². The minimum Gasteiger partial charge on any atom is -0.478 e. The summed E-state index contributed by atoms with van der Waals surface area (Å²) in [6, 6.07) is 2.66. The first-order valence-electron chi connectivity index (χ1n) is 6.39. The molecule has 0 amide bonds. The molecule has 2 N–H and O–H groups in total. The van der Waals surface area contributed by atoms with Gasteiger partial charge in [-0.3, -0.25) is 0 Å². The van der Waals surface area contributed by atoms with Gasteiger partial charge in [0.2, 0.25) is 10.0 Å². The second kappa shape index (κ2) is 5.70. The SMILES string of the molecule is CN(CC1CC(O)C1)S(=O)(=O)c1cc(C(=O)O)ccc1F. The van der Waals surface area contributed by atoms with Crippen LogP contribution < -0.4 is 0 Å². The van der Waals surface area contributed by atoms with Gasteiger partial charge in [0.15, 0.2) is 0 Å². The van der Waals surface area contributed by atoms with Crippen LogP contribution in [0.15, 0.2) is 23.1 Å². The zero-order valence-electron chi connectivity index (χ0n) is 11.4. The van der Waals surface area contributed by atoms with Gasteiger partial charge in [0.25, 0.3) is 0 Å². The van der Waals surface area contributed by atoms with Crippen molar-refractivity contribution in [3.63, 3.8) is 0 Å². The van der Waals surface area contributed by atoms with E-state index in [1.807, 2.05) is 0 Å². The van der Waals surface area contributed by atoms with E-state index in [2.05, 4.69) is 0 Å². The Morgan fingerprint density at radius 2 is 2.05 bits per heavy atom. The molecule has 1 aliphatic carbocycles. The lowest BCUT2D eigenvalue weighted by Gasteiger charge is -2.34.